The summed E-state index contributed by atoms with van der Waals surface area (Å²) in [6, 6.07) is 25.2. The van der Waals surface area contributed by atoms with Gasteiger partial charge in [0.2, 0.25) is 6.71 Å². The summed E-state index contributed by atoms with van der Waals surface area (Å²) in [4.78, 5) is 4.32. The van der Waals surface area contributed by atoms with Crippen LogP contribution in [0.4, 0.5) is 0 Å². The van der Waals surface area contributed by atoms with Crippen molar-refractivity contribution in [2.24, 2.45) is 0 Å². The van der Waals surface area contributed by atoms with Crippen molar-refractivity contribution in [1.82, 2.24) is 4.98 Å². The maximum atomic E-state index is 4.32. The first-order chi connectivity index (χ1) is 19.4. The Morgan fingerprint density at radius 2 is 1.03 bits per heavy atom. The Labute approximate surface area is 236 Å². The highest BCUT2D eigenvalue weighted by Crippen LogP contribution is 2.34. The van der Waals surface area contributed by atoms with Crippen molar-refractivity contribution in [3.05, 3.63) is 79.1 Å². The van der Waals surface area contributed by atoms with Crippen LogP contribution in [0.2, 0.25) is 6.32 Å². The van der Waals surface area contributed by atoms with Crippen LogP contribution in [0.3, 0.4) is 0 Å². The molecule has 0 saturated carbocycles. The smallest absolute Gasteiger partial charge is 0.210 e. The highest BCUT2D eigenvalue weighted by Gasteiger charge is 2.22. The van der Waals surface area contributed by atoms with E-state index >= 15 is 0 Å². The summed E-state index contributed by atoms with van der Waals surface area (Å²) >= 11 is 0. The molecule has 0 N–H and O–H groups in total. The number of hydrogen-bond acceptors (Lipinski definition) is 1. The van der Waals surface area contributed by atoms with Crippen LogP contribution in [0, 0.1) is 0 Å². The predicted molar refractivity (Wildman–Crippen MR) is 175 cm³/mol. The van der Waals surface area contributed by atoms with Crippen molar-refractivity contribution in [3.63, 3.8) is 0 Å². The molecule has 1 heterocycles. The molecular weight excluding hydrogens is 469 g/mol. The van der Waals surface area contributed by atoms with Crippen LogP contribution in [0.5, 0.6) is 0 Å². The number of rotatable bonds is 17. The van der Waals surface area contributed by atoms with Gasteiger partial charge in [0.25, 0.3) is 0 Å². The Kier molecular flexibility index (Phi) is 10.3. The average molecular weight is 516 g/mol. The molecule has 1 aromatic heterocycles. The van der Waals surface area contributed by atoms with E-state index in [2.05, 4.69) is 78.6 Å². The zero-order valence-electron chi connectivity index (χ0n) is 24.1. The van der Waals surface area contributed by atoms with Gasteiger partial charge in [0.1, 0.15) is 0 Å². The number of pyridine rings is 1. The van der Waals surface area contributed by atoms with Crippen molar-refractivity contribution in [1.29, 1.82) is 0 Å². The minimum Gasteiger partial charge on any atom is -0.265 e. The second-order valence-electron chi connectivity index (χ2n) is 11.7. The van der Waals surface area contributed by atoms with E-state index in [-0.39, 0.29) is 0 Å². The number of hydrogen-bond donors (Lipinski definition) is 0. The molecule has 0 unspecified atom stereocenters. The van der Waals surface area contributed by atoms with Crippen molar-refractivity contribution in [3.8, 4) is 0 Å². The van der Waals surface area contributed by atoms with Gasteiger partial charge in [0.05, 0.1) is 0 Å². The van der Waals surface area contributed by atoms with E-state index in [0.717, 1.165) is 0 Å². The van der Waals surface area contributed by atoms with Crippen LogP contribution < -0.4 is 10.9 Å². The summed E-state index contributed by atoms with van der Waals surface area (Å²) in [7, 11) is 0. The fourth-order valence-corrected chi connectivity index (χ4v) is 6.70. The van der Waals surface area contributed by atoms with Crippen LogP contribution in [-0.4, -0.2) is 11.7 Å². The van der Waals surface area contributed by atoms with Gasteiger partial charge in [-0.3, -0.25) is 4.98 Å². The molecule has 0 atom stereocenters. The second-order valence-corrected chi connectivity index (χ2v) is 11.7. The molecule has 0 saturated heterocycles. The number of unbranched alkanes of at least 4 members (excludes halogenated alkanes) is 13. The minimum absolute atomic E-state index is 0.412. The third-order valence-electron chi connectivity index (χ3n) is 8.89. The molecule has 0 bridgehead atoms. The van der Waals surface area contributed by atoms with E-state index in [1.165, 1.54) is 139 Å². The summed E-state index contributed by atoms with van der Waals surface area (Å²) in [6.45, 7) is 2.71. The Morgan fingerprint density at radius 1 is 0.513 bits per heavy atom. The lowest BCUT2D eigenvalue weighted by atomic mass is 9.37. The van der Waals surface area contributed by atoms with Gasteiger partial charge in [-0.25, -0.2) is 0 Å². The van der Waals surface area contributed by atoms with Gasteiger partial charge < -0.3 is 0 Å². The van der Waals surface area contributed by atoms with Crippen molar-refractivity contribution >= 4 is 50.0 Å². The maximum Gasteiger partial charge on any atom is 0.210 e. The highest BCUT2D eigenvalue weighted by molar-refractivity contribution is 6.87. The van der Waals surface area contributed by atoms with Crippen LogP contribution in [0.25, 0.3) is 32.3 Å². The number of aromatic nitrogens is 1. The molecule has 39 heavy (non-hydrogen) atoms. The van der Waals surface area contributed by atoms with Crippen LogP contribution in [-0.2, 0) is 0 Å². The number of benzene rings is 4. The molecule has 0 spiro atoms. The normalized spacial score (nSPS) is 11.7. The van der Waals surface area contributed by atoms with Crippen molar-refractivity contribution in [2.75, 3.05) is 0 Å². The van der Waals surface area contributed by atoms with E-state index in [4.69, 9.17) is 0 Å². The maximum absolute atomic E-state index is 4.32. The Bertz CT molecular complexity index is 1390. The van der Waals surface area contributed by atoms with Crippen molar-refractivity contribution < 1.29 is 0 Å². The molecule has 5 rings (SSSR count). The van der Waals surface area contributed by atoms with E-state index < -0.39 is 0 Å². The summed E-state index contributed by atoms with van der Waals surface area (Å²) < 4.78 is 0. The summed E-state index contributed by atoms with van der Waals surface area (Å²) in [5.74, 6) is 0. The molecule has 0 aliphatic heterocycles. The topological polar surface area (TPSA) is 12.9 Å². The summed E-state index contributed by atoms with van der Waals surface area (Å²) in [6.07, 6.45) is 24.8. The van der Waals surface area contributed by atoms with Gasteiger partial charge in [0, 0.05) is 12.4 Å². The quantitative estimate of drug-likeness (QED) is 0.0682. The van der Waals surface area contributed by atoms with Gasteiger partial charge in [-0.2, -0.15) is 0 Å². The molecule has 0 fully saturated rings. The van der Waals surface area contributed by atoms with Gasteiger partial charge in [0.15, 0.2) is 0 Å². The van der Waals surface area contributed by atoms with Gasteiger partial charge in [-0.1, -0.05) is 169 Å². The molecule has 1 nitrogen and oxygen atoms in total. The number of nitrogens with zero attached hydrogens (tertiary/aromatic N) is 1. The third-order valence-corrected chi connectivity index (χ3v) is 8.89. The van der Waals surface area contributed by atoms with Crippen LogP contribution in [0.1, 0.15) is 96.8 Å². The molecule has 0 aliphatic carbocycles. The van der Waals surface area contributed by atoms with Crippen molar-refractivity contribution in [2.45, 2.75) is 103 Å². The standard InChI is InChI=1S/C37H46BN/c1-2-3-4-5-6-7-8-9-10-11-12-13-14-15-27-38(33-25-28-39-29-26-33)35-24-22-32-20-19-30-17-16-18-31-21-23-34(35)37(32)36(30)31/h16-26,28-29H,2-15,27H2,1H3. The largest absolute Gasteiger partial charge is 0.265 e. The molecule has 4 aromatic carbocycles. The summed E-state index contributed by atoms with van der Waals surface area (Å²) in [5.41, 5.74) is 2.87. The second kappa shape index (κ2) is 14.5. The van der Waals surface area contributed by atoms with Gasteiger partial charge >= 0.3 is 0 Å². The van der Waals surface area contributed by atoms with E-state index in [1.807, 2.05) is 12.4 Å². The van der Waals surface area contributed by atoms with E-state index in [0.29, 0.717) is 6.71 Å². The van der Waals surface area contributed by atoms with E-state index in [1.54, 1.807) is 0 Å². The predicted octanol–water partition coefficient (Wildman–Crippen LogP) is 10.1. The lowest BCUT2D eigenvalue weighted by molar-refractivity contribution is 0.538. The molecule has 2 heteroatoms. The third kappa shape index (κ3) is 7.02. The van der Waals surface area contributed by atoms with E-state index in [9.17, 15) is 0 Å². The monoisotopic (exact) mass is 515 g/mol. The van der Waals surface area contributed by atoms with Gasteiger partial charge in [-0.05, 0) is 44.5 Å². The van der Waals surface area contributed by atoms with Gasteiger partial charge in [-0.15, -0.1) is 0 Å². The fraction of sp³-hybridized carbons (Fsp3) is 0.432. The lowest BCUT2D eigenvalue weighted by Crippen LogP contribution is -2.42. The molecule has 0 amide bonds. The Balaban J connectivity index is 1.17. The molecule has 202 valence electrons. The highest BCUT2D eigenvalue weighted by atomic mass is 14.6. The zero-order valence-corrected chi connectivity index (χ0v) is 24.1. The Morgan fingerprint density at radius 3 is 1.64 bits per heavy atom. The lowest BCUT2D eigenvalue weighted by Gasteiger charge is -2.19. The first-order valence-electron chi connectivity index (χ1n) is 15.9. The minimum atomic E-state index is 0.412. The summed E-state index contributed by atoms with van der Waals surface area (Å²) in [5, 5.41) is 8.31. The zero-order chi connectivity index (χ0) is 26.7. The molecule has 0 radical (unpaired) electrons. The average Bonchev–Trinajstić information content (AvgIpc) is 2.98. The SMILES string of the molecule is CCCCCCCCCCCCCCCCB(c1ccncc1)c1ccc2ccc3cccc4ccc1c2c34. The fourth-order valence-electron chi connectivity index (χ4n) is 6.70. The van der Waals surface area contributed by atoms with Crippen LogP contribution in [0.15, 0.2) is 79.1 Å². The first-order valence-corrected chi connectivity index (χ1v) is 15.9. The molecular formula is C37H46BN. The first kappa shape index (κ1) is 27.7. The Hall–Kier alpha value is -2.87. The molecule has 5 aromatic rings. The van der Waals surface area contributed by atoms with Crippen LogP contribution >= 0.6 is 0 Å². The molecule has 0 aliphatic rings.